The molecule has 1 saturated heterocycles. The molecule has 1 aliphatic rings. The number of hydrogen-bond donors (Lipinski definition) is 0. The number of anilines is 1. The maximum Gasteiger partial charge on any atom is 0.416 e. The van der Waals surface area contributed by atoms with Crippen molar-refractivity contribution in [1.29, 1.82) is 0 Å². The Morgan fingerprint density at radius 1 is 1.13 bits per heavy atom. The van der Waals surface area contributed by atoms with E-state index in [1.54, 1.807) is 15.9 Å². The van der Waals surface area contributed by atoms with Crippen molar-refractivity contribution in [2.24, 2.45) is 0 Å². The molecule has 0 aromatic heterocycles. The standard InChI is InChI=1S/C20H20F3N3O5/c1-30-18-12-16(5-6-17(18)26(28)29)31-13-19(27)25-9-7-24(8-10-25)15-4-2-3-14(11-15)20(21,22)23/h2-6,11-12H,7-10,13H2,1H3. The number of carbonyl (C=O) groups is 1. The summed E-state index contributed by atoms with van der Waals surface area (Å²) in [4.78, 5) is 26.1. The van der Waals surface area contributed by atoms with E-state index in [0.29, 0.717) is 31.9 Å². The molecule has 2 aromatic rings. The molecule has 1 aliphatic heterocycles. The number of benzene rings is 2. The van der Waals surface area contributed by atoms with E-state index in [4.69, 9.17) is 9.47 Å². The van der Waals surface area contributed by atoms with E-state index in [9.17, 15) is 28.1 Å². The second-order valence-corrected chi connectivity index (χ2v) is 6.80. The van der Waals surface area contributed by atoms with Crippen molar-refractivity contribution in [3.05, 3.63) is 58.1 Å². The van der Waals surface area contributed by atoms with Gasteiger partial charge in [-0.1, -0.05) is 6.07 Å². The summed E-state index contributed by atoms with van der Waals surface area (Å²) in [5.41, 5.74) is -0.474. The van der Waals surface area contributed by atoms with Gasteiger partial charge in [0.15, 0.2) is 6.61 Å². The minimum absolute atomic E-state index is 0.0182. The Kier molecular flexibility index (Phi) is 6.52. The Morgan fingerprint density at radius 3 is 2.45 bits per heavy atom. The average molecular weight is 439 g/mol. The van der Waals surface area contributed by atoms with E-state index in [0.717, 1.165) is 12.1 Å². The molecule has 166 valence electrons. The molecule has 1 amide bonds. The second-order valence-electron chi connectivity index (χ2n) is 6.80. The van der Waals surface area contributed by atoms with Crippen LogP contribution in [0, 0.1) is 10.1 Å². The van der Waals surface area contributed by atoms with Crippen molar-refractivity contribution in [1.82, 2.24) is 4.90 Å². The molecular weight excluding hydrogens is 419 g/mol. The largest absolute Gasteiger partial charge is 0.490 e. The molecule has 0 aliphatic carbocycles. The SMILES string of the molecule is COc1cc(OCC(=O)N2CCN(c3cccc(C(F)(F)F)c3)CC2)ccc1[N+](=O)[O-]. The van der Waals surface area contributed by atoms with Crippen LogP contribution in [0.2, 0.25) is 0 Å². The summed E-state index contributed by atoms with van der Waals surface area (Å²) in [6, 6.07) is 9.03. The number of amides is 1. The maximum absolute atomic E-state index is 12.9. The van der Waals surface area contributed by atoms with Crippen LogP contribution in [-0.4, -0.2) is 55.6 Å². The van der Waals surface area contributed by atoms with Gasteiger partial charge in [0.1, 0.15) is 5.75 Å². The van der Waals surface area contributed by atoms with Crippen LogP contribution in [0.1, 0.15) is 5.56 Å². The predicted molar refractivity (Wildman–Crippen MR) is 105 cm³/mol. The number of nitrogens with zero attached hydrogens (tertiary/aromatic N) is 3. The second kappa shape index (κ2) is 9.11. The molecule has 0 N–H and O–H groups in total. The lowest BCUT2D eigenvalue weighted by atomic mass is 10.1. The van der Waals surface area contributed by atoms with Crippen LogP contribution in [0.3, 0.4) is 0 Å². The average Bonchev–Trinajstić information content (AvgIpc) is 2.76. The van der Waals surface area contributed by atoms with Gasteiger partial charge < -0.3 is 19.3 Å². The van der Waals surface area contributed by atoms with E-state index in [1.807, 2.05) is 0 Å². The third-order valence-electron chi connectivity index (χ3n) is 4.88. The smallest absolute Gasteiger partial charge is 0.416 e. The number of ether oxygens (including phenoxy) is 2. The highest BCUT2D eigenvalue weighted by atomic mass is 19.4. The number of methoxy groups -OCH3 is 1. The molecule has 2 aromatic carbocycles. The van der Waals surface area contributed by atoms with Gasteiger partial charge >= 0.3 is 11.9 Å². The third kappa shape index (κ3) is 5.36. The van der Waals surface area contributed by atoms with E-state index < -0.39 is 16.7 Å². The maximum atomic E-state index is 12.9. The monoisotopic (exact) mass is 439 g/mol. The van der Waals surface area contributed by atoms with Crippen LogP contribution in [0.15, 0.2) is 42.5 Å². The Labute approximate surface area is 175 Å². The van der Waals surface area contributed by atoms with Crippen molar-refractivity contribution in [2.75, 3.05) is 44.8 Å². The normalized spacial score (nSPS) is 14.3. The summed E-state index contributed by atoms with van der Waals surface area (Å²) >= 11 is 0. The van der Waals surface area contributed by atoms with Crippen molar-refractivity contribution in [3.8, 4) is 11.5 Å². The highest BCUT2D eigenvalue weighted by Gasteiger charge is 2.31. The Balaban J connectivity index is 1.55. The molecule has 1 fully saturated rings. The molecule has 1 heterocycles. The van der Waals surface area contributed by atoms with Gasteiger partial charge in [-0.25, -0.2) is 0 Å². The summed E-state index contributed by atoms with van der Waals surface area (Å²) in [5, 5.41) is 10.9. The van der Waals surface area contributed by atoms with E-state index >= 15 is 0 Å². The fourth-order valence-electron chi connectivity index (χ4n) is 3.23. The number of piperazine rings is 1. The van der Waals surface area contributed by atoms with E-state index in [1.165, 1.54) is 31.4 Å². The summed E-state index contributed by atoms with van der Waals surface area (Å²) in [7, 11) is 1.29. The number of halogens is 3. The van der Waals surface area contributed by atoms with Crippen LogP contribution in [0.4, 0.5) is 24.5 Å². The Hall–Kier alpha value is -3.50. The molecule has 11 heteroatoms. The first-order chi connectivity index (χ1) is 14.7. The van der Waals surface area contributed by atoms with Gasteiger partial charge in [0, 0.05) is 44.0 Å². The highest BCUT2D eigenvalue weighted by Crippen LogP contribution is 2.32. The number of alkyl halides is 3. The summed E-state index contributed by atoms with van der Waals surface area (Å²) in [5.74, 6) is -0.0240. The van der Waals surface area contributed by atoms with Gasteiger partial charge in [0.2, 0.25) is 5.75 Å². The fraction of sp³-hybridized carbons (Fsp3) is 0.350. The van der Waals surface area contributed by atoms with Crippen LogP contribution in [0.25, 0.3) is 0 Å². The molecule has 0 atom stereocenters. The first kappa shape index (κ1) is 22.2. The molecule has 0 saturated carbocycles. The molecule has 3 rings (SSSR count). The highest BCUT2D eigenvalue weighted by molar-refractivity contribution is 5.78. The van der Waals surface area contributed by atoms with Gasteiger partial charge in [-0.15, -0.1) is 0 Å². The molecular formula is C20H20F3N3O5. The van der Waals surface area contributed by atoms with Crippen LogP contribution in [-0.2, 0) is 11.0 Å². The number of nitro benzene ring substituents is 1. The lowest BCUT2D eigenvalue weighted by molar-refractivity contribution is -0.385. The minimum Gasteiger partial charge on any atom is -0.490 e. The zero-order valence-corrected chi connectivity index (χ0v) is 16.6. The van der Waals surface area contributed by atoms with Crippen LogP contribution in [0.5, 0.6) is 11.5 Å². The van der Waals surface area contributed by atoms with Gasteiger partial charge in [0.05, 0.1) is 17.6 Å². The predicted octanol–water partition coefficient (Wildman–Crippen LogP) is 3.35. The zero-order chi connectivity index (χ0) is 22.6. The molecule has 8 nitrogen and oxygen atoms in total. The number of hydrogen-bond acceptors (Lipinski definition) is 6. The summed E-state index contributed by atoms with van der Waals surface area (Å²) in [6.45, 7) is 1.17. The summed E-state index contributed by atoms with van der Waals surface area (Å²) in [6.07, 6.45) is -4.41. The first-order valence-electron chi connectivity index (χ1n) is 9.34. The number of rotatable bonds is 6. The van der Waals surface area contributed by atoms with Gasteiger partial charge in [-0.05, 0) is 24.3 Å². The number of carbonyl (C=O) groups excluding carboxylic acids is 1. The Morgan fingerprint density at radius 2 is 1.84 bits per heavy atom. The Bertz CT molecular complexity index is 959. The van der Waals surface area contributed by atoms with E-state index in [2.05, 4.69) is 0 Å². The molecule has 0 spiro atoms. The van der Waals surface area contributed by atoms with Crippen molar-refractivity contribution >= 4 is 17.3 Å². The van der Waals surface area contributed by atoms with Gasteiger partial charge in [-0.2, -0.15) is 13.2 Å². The van der Waals surface area contributed by atoms with Gasteiger partial charge in [-0.3, -0.25) is 14.9 Å². The van der Waals surface area contributed by atoms with Crippen molar-refractivity contribution < 1.29 is 32.4 Å². The molecule has 0 unspecified atom stereocenters. The van der Waals surface area contributed by atoms with Crippen molar-refractivity contribution in [3.63, 3.8) is 0 Å². The third-order valence-corrected chi connectivity index (χ3v) is 4.88. The van der Waals surface area contributed by atoms with Crippen molar-refractivity contribution in [2.45, 2.75) is 6.18 Å². The molecule has 31 heavy (non-hydrogen) atoms. The van der Waals surface area contributed by atoms with Gasteiger partial charge in [0.25, 0.3) is 5.91 Å². The first-order valence-corrected chi connectivity index (χ1v) is 9.34. The quantitative estimate of drug-likeness (QED) is 0.507. The zero-order valence-electron chi connectivity index (χ0n) is 16.6. The van der Waals surface area contributed by atoms with E-state index in [-0.39, 0.29) is 29.7 Å². The topological polar surface area (TPSA) is 85.2 Å². The fourth-order valence-corrected chi connectivity index (χ4v) is 3.23. The lowest BCUT2D eigenvalue weighted by Crippen LogP contribution is -2.50. The molecule has 0 bridgehead atoms. The number of nitro groups is 1. The van der Waals surface area contributed by atoms with Crippen LogP contribution >= 0.6 is 0 Å². The summed E-state index contributed by atoms with van der Waals surface area (Å²) < 4.78 is 49.1. The molecule has 0 radical (unpaired) electrons. The lowest BCUT2D eigenvalue weighted by Gasteiger charge is -2.36. The van der Waals surface area contributed by atoms with Crippen LogP contribution < -0.4 is 14.4 Å². The minimum atomic E-state index is -4.41.